The van der Waals surface area contributed by atoms with E-state index in [-0.39, 0.29) is 10.6 Å². The fourth-order valence-corrected chi connectivity index (χ4v) is 2.08. The number of nitrogens with zero attached hydrogens (tertiary/aromatic N) is 2. The summed E-state index contributed by atoms with van der Waals surface area (Å²) in [6.45, 7) is 2.77. The predicted molar refractivity (Wildman–Crippen MR) is 66.9 cm³/mol. The highest BCUT2D eigenvalue weighted by molar-refractivity contribution is 5.77. The Kier molecular flexibility index (Phi) is 3.14. The van der Waals surface area contributed by atoms with Crippen LogP contribution in [0.5, 0.6) is 0 Å². The summed E-state index contributed by atoms with van der Waals surface area (Å²) in [7, 11) is 0. The Hall–Kier alpha value is -1.82. The van der Waals surface area contributed by atoms with Crippen molar-refractivity contribution in [1.29, 1.82) is 0 Å². The maximum absolute atomic E-state index is 11.1. The first kappa shape index (κ1) is 11.7. The first-order chi connectivity index (χ1) is 8.19. The van der Waals surface area contributed by atoms with Gasteiger partial charge in [-0.05, 0) is 31.9 Å². The molecule has 0 spiro atoms. The summed E-state index contributed by atoms with van der Waals surface area (Å²) in [5.74, 6) is 5.32. The van der Waals surface area contributed by atoms with Crippen LogP contribution >= 0.6 is 0 Å². The zero-order valence-corrected chi connectivity index (χ0v) is 9.72. The number of benzene rings is 1. The van der Waals surface area contributed by atoms with E-state index in [9.17, 15) is 10.1 Å². The van der Waals surface area contributed by atoms with Crippen molar-refractivity contribution in [3.63, 3.8) is 0 Å². The van der Waals surface area contributed by atoms with Gasteiger partial charge in [-0.25, -0.2) is 0 Å². The van der Waals surface area contributed by atoms with Gasteiger partial charge >= 0.3 is 5.69 Å². The molecule has 0 unspecified atom stereocenters. The molecule has 0 saturated heterocycles. The van der Waals surface area contributed by atoms with Crippen LogP contribution in [0.1, 0.15) is 19.8 Å². The van der Waals surface area contributed by atoms with Crippen LogP contribution in [0.15, 0.2) is 18.2 Å². The summed E-state index contributed by atoms with van der Waals surface area (Å²) in [5, 5.41) is 11.1. The van der Waals surface area contributed by atoms with Gasteiger partial charge in [0, 0.05) is 12.6 Å². The van der Waals surface area contributed by atoms with Crippen LogP contribution in [0.25, 0.3) is 0 Å². The second kappa shape index (κ2) is 4.58. The van der Waals surface area contributed by atoms with Gasteiger partial charge in [0.1, 0.15) is 11.4 Å². The number of nitro benzene ring substituents is 1. The molecule has 0 aromatic heterocycles. The number of nitrogen functional groups attached to an aromatic ring is 1. The monoisotopic (exact) mass is 236 g/mol. The van der Waals surface area contributed by atoms with E-state index in [1.807, 2.05) is 6.92 Å². The molecular weight excluding hydrogens is 220 g/mol. The van der Waals surface area contributed by atoms with E-state index in [1.54, 1.807) is 18.2 Å². The van der Waals surface area contributed by atoms with Gasteiger partial charge in [0.25, 0.3) is 0 Å². The Morgan fingerprint density at radius 3 is 2.76 bits per heavy atom. The van der Waals surface area contributed by atoms with Crippen LogP contribution in [0.4, 0.5) is 17.1 Å². The Morgan fingerprint density at radius 2 is 2.29 bits per heavy atom. The number of rotatable bonds is 5. The van der Waals surface area contributed by atoms with E-state index in [2.05, 4.69) is 10.3 Å². The summed E-state index contributed by atoms with van der Waals surface area (Å²) >= 11 is 0. The Labute approximate surface area is 99.5 Å². The fourth-order valence-electron chi connectivity index (χ4n) is 2.08. The third-order valence-electron chi connectivity index (χ3n) is 2.99. The second-order valence-corrected chi connectivity index (χ2v) is 4.09. The van der Waals surface area contributed by atoms with Gasteiger partial charge in [-0.15, -0.1) is 0 Å². The Bertz CT molecular complexity index is 431. The van der Waals surface area contributed by atoms with Crippen molar-refractivity contribution in [3.05, 3.63) is 28.3 Å². The first-order valence-electron chi connectivity index (χ1n) is 5.69. The molecule has 6 nitrogen and oxygen atoms in total. The van der Waals surface area contributed by atoms with Crippen molar-refractivity contribution in [2.45, 2.75) is 25.8 Å². The molecule has 0 aliphatic heterocycles. The van der Waals surface area contributed by atoms with Crippen molar-refractivity contribution in [3.8, 4) is 0 Å². The van der Waals surface area contributed by atoms with Crippen LogP contribution < -0.4 is 16.2 Å². The van der Waals surface area contributed by atoms with E-state index >= 15 is 0 Å². The van der Waals surface area contributed by atoms with E-state index in [0.717, 1.165) is 19.4 Å². The summed E-state index contributed by atoms with van der Waals surface area (Å²) in [4.78, 5) is 12.8. The van der Waals surface area contributed by atoms with Crippen LogP contribution in [0.2, 0.25) is 0 Å². The third kappa shape index (κ3) is 2.16. The van der Waals surface area contributed by atoms with E-state index < -0.39 is 0 Å². The van der Waals surface area contributed by atoms with Crippen molar-refractivity contribution >= 4 is 17.1 Å². The van der Waals surface area contributed by atoms with Gasteiger partial charge < -0.3 is 10.3 Å². The molecule has 1 aromatic carbocycles. The predicted octanol–water partition coefficient (Wildman–Crippen LogP) is 1.87. The summed E-state index contributed by atoms with van der Waals surface area (Å²) < 4.78 is 0. The molecule has 0 atom stereocenters. The van der Waals surface area contributed by atoms with Crippen molar-refractivity contribution in [2.24, 2.45) is 5.84 Å². The SMILES string of the molecule is CCN(c1cccc(NN)c1[N+](=O)[O-])C1CC1. The largest absolute Gasteiger partial charge is 0.363 e. The smallest absolute Gasteiger partial charge is 0.316 e. The summed E-state index contributed by atoms with van der Waals surface area (Å²) in [6, 6.07) is 5.61. The molecule has 1 fully saturated rings. The number of hydrazine groups is 1. The molecule has 0 radical (unpaired) electrons. The molecule has 92 valence electrons. The van der Waals surface area contributed by atoms with Gasteiger partial charge in [-0.2, -0.15) is 0 Å². The molecule has 1 aliphatic carbocycles. The maximum Gasteiger partial charge on any atom is 0.316 e. The van der Waals surface area contributed by atoms with Gasteiger partial charge in [0.2, 0.25) is 0 Å². The summed E-state index contributed by atoms with van der Waals surface area (Å²) in [6.07, 6.45) is 2.20. The lowest BCUT2D eigenvalue weighted by atomic mass is 10.2. The highest BCUT2D eigenvalue weighted by atomic mass is 16.6. The maximum atomic E-state index is 11.1. The Balaban J connectivity index is 2.47. The summed E-state index contributed by atoms with van der Waals surface area (Å²) in [5.41, 5.74) is 3.45. The molecule has 1 aliphatic rings. The van der Waals surface area contributed by atoms with Crippen molar-refractivity contribution < 1.29 is 4.92 Å². The van der Waals surface area contributed by atoms with Gasteiger partial charge in [-0.1, -0.05) is 6.07 Å². The molecule has 17 heavy (non-hydrogen) atoms. The number of nitro groups is 1. The number of hydrogen-bond acceptors (Lipinski definition) is 5. The zero-order valence-electron chi connectivity index (χ0n) is 9.72. The Morgan fingerprint density at radius 1 is 1.59 bits per heavy atom. The highest BCUT2D eigenvalue weighted by Gasteiger charge is 2.33. The lowest BCUT2D eigenvalue weighted by molar-refractivity contribution is -0.383. The molecule has 0 bridgehead atoms. The van der Waals surface area contributed by atoms with Crippen LogP contribution in [0, 0.1) is 10.1 Å². The molecule has 6 heteroatoms. The number of para-hydroxylation sites is 1. The number of hydrogen-bond donors (Lipinski definition) is 2. The zero-order chi connectivity index (χ0) is 12.4. The average Bonchev–Trinajstić information content (AvgIpc) is 3.13. The molecular formula is C11H16N4O2. The van der Waals surface area contributed by atoms with Gasteiger partial charge in [-0.3, -0.25) is 16.0 Å². The third-order valence-corrected chi connectivity index (χ3v) is 2.99. The molecule has 3 N–H and O–H groups in total. The minimum atomic E-state index is -0.379. The van der Waals surface area contributed by atoms with E-state index in [0.29, 0.717) is 17.4 Å². The van der Waals surface area contributed by atoms with E-state index in [1.165, 1.54) is 0 Å². The normalized spacial score (nSPS) is 14.5. The minimum absolute atomic E-state index is 0.0590. The molecule has 0 amide bonds. The van der Waals surface area contributed by atoms with Gasteiger partial charge in [0.15, 0.2) is 0 Å². The number of nitrogens with two attached hydrogens (primary N) is 1. The molecule has 1 aromatic rings. The van der Waals surface area contributed by atoms with Crippen LogP contribution in [-0.2, 0) is 0 Å². The molecule has 2 rings (SSSR count). The van der Waals surface area contributed by atoms with Gasteiger partial charge in [0.05, 0.1) is 4.92 Å². The van der Waals surface area contributed by atoms with Crippen LogP contribution in [0.3, 0.4) is 0 Å². The topological polar surface area (TPSA) is 84.4 Å². The first-order valence-corrected chi connectivity index (χ1v) is 5.69. The standard InChI is InChI=1S/C11H16N4O2/c1-2-14(8-6-7-8)10-5-3-4-9(13-12)11(10)15(16)17/h3-5,8,13H,2,6-7,12H2,1H3. The van der Waals surface area contributed by atoms with Crippen molar-refractivity contribution in [2.75, 3.05) is 16.9 Å². The van der Waals surface area contributed by atoms with E-state index in [4.69, 9.17) is 5.84 Å². The average molecular weight is 236 g/mol. The number of anilines is 2. The van der Waals surface area contributed by atoms with Crippen molar-refractivity contribution in [1.82, 2.24) is 0 Å². The molecule has 1 saturated carbocycles. The lowest BCUT2D eigenvalue weighted by Gasteiger charge is -2.23. The fraction of sp³-hybridized carbons (Fsp3) is 0.455. The second-order valence-electron chi connectivity index (χ2n) is 4.09. The minimum Gasteiger partial charge on any atom is -0.363 e. The number of nitrogens with one attached hydrogen (secondary N) is 1. The lowest BCUT2D eigenvalue weighted by Crippen LogP contribution is -2.26. The van der Waals surface area contributed by atoms with Crippen LogP contribution in [-0.4, -0.2) is 17.5 Å². The highest BCUT2D eigenvalue weighted by Crippen LogP contribution is 2.40. The quantitative estimate of drug-likeness (QED) is 0.463. The molecule has 0 heterocycles.